The second kappa shape index (κ2) is 5.88. The van der Waals surface area contributed by atoms with Crippen molar-refractivity contribution in [1.29, 1.82) is 0 Å². The number of fused-ring (bicyclic) bond motifs is 1. The molecule has 1 aliphatic carbocycles. The molecule has 4 nitrogen and oxygen atoms in total. The van der Waals surface area contributed by atoms with Crippen LogP contribution in [0.2, 0.25) is 0 Å². The number of benzene rings is 1. The normalized spacial score (nSPS) is 14.6. The van der Waals surface area contributed by atoms with Crippen LogP contribution in [0, 0.1) is 5.92 Å². The summed E-state index contributed by atoms with van der Waals surface area (Å²) in [5.74, 6) is 0.765. The van der Waals surface area contributed by atoms with Crippen LogP contribution in [0.1, 0.15) is 35.2 Å². The third-order valence-electron chi connectivity index (χ3n) is 4.62. The number of carbonyl (C=O) groups excluding carboxylic acids is 1. The first-order chi connectivity index (χ1) is 11.3. The van der Waals surface area contributed by atoms with Gasteiger partial charge in [-0.3, -0.25) is 4.79 Å². The number of rotatable bonds is 4. The fourth-order valence-corrected chi connectivity index (χ4v) is 3.03. The molecule has 1 amide bonds. The zero-order valence-electron chi connectivity index (χ0n) is 12.9. The van der Waals surface area contributed by atoms with Crippen LogP contribution < -0.4 is 5.32 Å². The summed E-state index contributed by atoms with van der Waals surface area (Å²) in [5, 5.41) is 7.09. The van der Waals surface area contributed by atoms with Gasteiger partial charge in [0.2, 0.25) is 0 Å². The first-order valence-electron chi connectivity index (χ1n) is 8.12. The van der Waals surface area contributed by atoms with Crippen LogP contribution in [-0.4, -0.2) is 15.5 Å². The van der Waals surface area contributed by atoms with E-state index >= 15 is 0 Å². The summed E-state index contributed by atoms with van der Waals surface area (Å²) in [7, 11) is 0. The molecule has 0 radical (unpaired) electrons. The third kappa shape index (κ3) is 2.97. The van der Waals surface area contributed by atoms with E-state index in [1.807, 2.05) is 36.5 Å². The maximum atomic E-state index is 12.4. The van der Waals surface area contributed by atoms with Gasteiger partial charge in [-0.05, 0) is 48.2 Å². The number of nitrogens with zero attached hydrogens (tertiary/aromatic N) is 2. The number of pyridine rings is 1. The van der Waals surface area contributed by atoms with E-state index in [-0.39, 0.29) is 5.91 Å². The summed E-state index contributed by atoms with van der Waals surface area (Å²) in [6.07, 6.45) is 8.78. The maximum absolute atomic E-state index is 12.4. The molecule has 0 saturated heterocycles. The summed E-state index contributed by atoms with van der Waals surface area (Å²) in [4.78, 5) is 12.4. The Morgan fingerprint density at radius 1 is 1.17 bits per heavy atom. The minimum Gasteiger partial charge on any atom is -0.322 e. The molecule has 1 saturated carbocycles. The Labute approximate surface area is 135 Å². The predicted molar refractivity (Wildman–Crippen MR) is 90.6 cm³/mol. The zero-order chi connectivity index (χ0) is 15.6. The average Bonchev–Trinajstić information content (AvgIpc) is 2.99. The molecule has 1 fully saturated rings. The van der Waals surface area contributed by atoms with Gasteiger partial charge >= 0.3 is 0 Å². The summed E-state index contributed by atoms with van der Waals surface area (Å²) < 4.78 is 1.77. The van der Waals surface area contributed by atoms with Crippen LogP contribution in [0.3, 0.4) is 0 Å². The Kier molecular flexibility index (Phi) is 3.58. The van der Waals surface area contributed by atoms with Crippen LogP contribution in [0.25, 0.3) is 5.52 Å². The monoisotopic (exact) mass is 305 g/mol. The number of hydrogen-bond donors (Lipinski definition) is 1. The Morgan fingerprint density at radius 2 is 2.00 bits per heavy atom. The molecule has 0 bridgehead atoms. The molecule has 23 heavy (non-hydrogen) atoms. The van der Waals surface area contributed by atoms with Crippen molar-refractivity contribution in [3.63, 3.8) is 0 Å². The van der Waals surface area contributed by atoms with Gasteiger partial charge in [0.25, 0.3) is 5.91 Å². The molecule has 0 spiro atoms. The van der Waals surface area contributed by atoms with Crippen molar-refractivity contribution in [1.82, 2.24) is 9.61 Å². The Bertz CT molecular complexity index is 831. The van der Waals surface area contributed by atoms with E-state index in [1.54, 1.807) is 10.7 Å². The highest BCUT2D eigenvalue weighted by Gasteiger charge is 2.17. The second-order valence-electron chi connectivity index (χ2n) is 6.27. The fourth-order valence-electron chi connectivity index (χ4n) is 3.03. The van der Waals surface area contributed by atoms with E-state index in [2.05, 4.69) is 22.5 Å². The lowest BCUT2D eigenvalue weighted by molar-refractivity contribution is 0.102. The van der Waals surface area contributed by atoms with Crippen molar-refractivity contribution < 1.29 is 4.79 Å². The van der Waals surface area contributed by atoms with Crippen LogP contribution in [-0.2, 0) is 6.42 Å². The molecule has 3 aromatic rings. The van der Waals surface area contributed by atoms with E-state index < -0.39 is 0 Å². The third-order valence-corrected chi connectivity index (χ3v) is 4.62. The summed E-state index contributed by atoms with van der Waals surface area (Å²) in [6.45, 7) is 0. The maximum Gasteiger partial charge on any atom is 0.255 e. The first kappa shape index (κ1) is 14.0. The van der Waals surface area contributed by atoms with Crippen molar-refractivity contribution in [3.05, 3.63) is 66.0 Å². The summed E-state index contributed by atoms with van der Waals surface area (Å²) in [6, 6.07) is 13.7. The number of aromatic nitrogens is 2. The minimum atomic E-state index is -0.0796. The Morgan fingerprint density at radius 3 is 2.74 bits per heavy atom. The van der Waals surface area contributed by atoms with Crippen molar-refractivity contribution in [2.24, 2.45) is 5.92 Å². The van der Waals surface area contributed by atoms with Gasteiger partial charge < -0.3 is 5.32 Å². The predicted octanol–water partition coefficient (Wildman–Crippen LogP) is 3.93. The Balaban J connectivity index is 1.45. The lowest BCUT2D eigenvalue weighted by atomic mass is 9.81. The van der Waals surface area contributed by atoms with Gasteiger partial charge in [-0.25, -0.2) is 4.52 Å². The largest absolute Gasteiger partial charge is 0.322 e. The molecule has 0 unspecified atom stereocenters. The Hall–Kier alpha value is -2.62. The van der Waals surface area contributed by atoms with Crippen molar-refractivity contribution in [3.8, 4) is 0 Å². The number of amides is 1. The standard InChI is InChI=1S/C19H19N3O/c23-19(21-17-9-11-22-18(13-17)8-10-20-22)16-6-4-15(5-7-16)12-14-2-1-3-14/h4-11,13-14H,1-3,12H2,(H,21,23). The number of nitrogens with one attached hydrogen (secondary N) is 1. The number of hydrogen-bond acceptors (Lipinski definition) is 2. The fraction of sp³-hybridized carbons (Fsp3) is 0.263. The zero-order valence-corrected chi connectivity index (χ0v) is 12.9. The van der Waals surface area contributed by atoms with Crippen molar-refractivity contribution >= 4 is 17.1 Å². The molecule has 116 valence electrons. The molecule has 2 heterocycles. The quantitative estimate of drug-likeness (QED) is 0.794. The topological polar surface area (TPSA) is 46.4 Å². The van der Waals surface area contributed by atoms with Gasteiger partial charge in [0.15, 0.2) is 0 Å². The van der Waals surface area contributed by atoms with E-state index in [9.17, 15) is 4.79 Å². The molecular formula is C19H19N3O. The number of carbonyl (C=O) groups is 1. The first-order valence-corrected chi connectivity index (χ1v) is 8.12. The average molecular weight is 305 g/mol. The molecule has 0 aliphatic heterocycles. The molecule has 2 aromatic heterocycles. The molecule has 1 N–H and O–H groups in total. The highest BCUT2D eigenvalue weighted by molar-refractivity contribution is 6.04. The molecule has 0 atom stereocenters. The van der Waals surface area contributed by atoms with Gasteiger partial charge in [0.1, 0.15) is 0 Å². The second-order valence-corrected chi connectivity index (χ2v) is 6.27. The van der Waals surface area contributed by atoms with Crippen LogP contribution >= 0.6 is 0 Å². The molecular weight excluding hydrogens is 286 g/mol. The van der Waals surface area contributed by atoms with Gasteiger partial charge in [0.05, 0.1) is 5.52 Å². The van der Waals surface area contributed by atoms with Gasteiger partial charge in [0, 0.05) is 23.6 Å². The van der Waals surface area contributed by atoms with Gasteiger partial charge in [-0.1, -0.05) is 31.4 Å². The lowest BCUT2D eigenvalue weighted by Crippen LogP contribution is -2.14. The summed E-state index contributed by atoms with van der Waals surface area (Å²) >= 11 is 0. The molecule has 1 aromatic carbocycles. The van der Waals surface area contributed by atoms with E-state index in [4.69, 9.17) is 0 Å². The highest BCUT2D eigenvalue weighted by Crippen LogP contribution is 2.29. The van der Waals surface area contributed by atoms with Crippen LogP contribution in [0.4, 0.5) is 5.69 Å². The lowest BCUT2D eigenvalue weighted by Gasteiger charge is -2.25. The van der Waals surface area contributed by atoms with Crippen molar-refractivity contribution in [2.45, 2.75) is 25.7 Å². The van der Waals surface area contributed by atoms with Crippen LogP contribution in [0.15, 0.2) is 54.9 Å². The molecule has 4 heteroatoms. The van der Waals surface area contributed by atoms with E-state index in [1.165, 1.54) is 24.8 Å². The van der Waals surface area contributed by atoms with E-state index in [0.29, 0.717) is 5.56 Å². The number of anilines is 1. The molecule has 4 rings (SSSR count). The highest BCUT2D eigenvalue weighted by atomic mass is 16.1. The smallest absolute Gasteiger partial charge is 0.255 e. The van der Waals surface area contributed by atoms with Gasteiger partial charge in [-0.15, -0.1) is 0 Å². The van der Waals surface area contributed by atoms with Crippen molar-refractivity contribution in [2.75, 3.05) is 5.32 Å². The van der Waals surface area contributed by atoms with Crippen LogP contribution in [0.5, 0.6) is 0 Å². The van der Waals surface area contributed by atoms with E-state index in [0.717, 1.165) is 23.5 Å². The minimum absolute atomic E-state index is 0.0796. The summed E-state index contributed by atoms with van der Waals surface area (Å²) in [5.41, 5.74) is 3.75. The SMILES string of the molecule is O=C(Nc1ccn2nccc2c1)c1ccc(CC2CCC2)cc1. The molecule has 1 aliphatic rings. The van der Waals surface area contributed by atoms with Gasteiger partial charge in [-0.2, -0.15) is 5.10 Å².